The van der Waals surface area contributed by atoms with E-state index in [0.29, 0.717) is 5.41 Å². The van der Waals surface area contributed by atoms with Gasteiger partial charge in [0, 0.05) is 12.0 Å². The zero-order chi connectivity index (χ0) is 14.8. The third kappa shape index (κ3) is 4.52. The predicted octanol–water partition coefficient (Wildman–Crippen LogP) is 3.97. The molecule has 0 fully saturated rings. The molecule has 1 aliphatic rings. The third-order valence-electron chi connectivity index (χ3n) is 3.74. The van der Waals surface area contributed by atoms with E-state index in [4.69, 9.17) is 4.74 Å². The van der Waals surface area contributed by atoms with Crippen molar-refractivity contribution in [2.24, 2.45) is 5.41 Å². The summed E-state index contributed by atoms with van der Waals surface area (Å²) in [6.07, 6.45) is 3.32. The van der Waals surface area contributed by atoms with Gasteiger partial charge in [0.2, 0.25) is 0 Å². The van der Waals surface area contributed by atoms with Gasteiger partial charge in [-0.05, 0) is 55.8 Å². The van der Waals surface area contributed by atoms with E-state index in [-0.39, 0.29) is 5.54 Å². The Labute approximate surface area is 123 Å². The Kier molecular flexibility index (Phi) is 4.43. The van der Waals surface area contributed by atoms with Gasteiger partial charge in [-0.2, -0.15) is 0 Å². The van der Waals surface area contributed by atoms with Gasteiger partial charge in [-0.15, -0.1) is 0 Å². The molecule has 112 valence electrons. The fourth-order valence-electron chi connectivity index (χ4n) is 3.33. The fourth-order valence-corrected chi connectivity index (χ4v) is 3.33. The highest BCUT2D eigenvalue weighted by Gasteiger charge is 2.24. The van der Waals surface area contributed by atoms with E-state index < -0.39 is 0 Å². The first-order valence-electron chi connectivity index (χ1n) is 7.75. The monoisotopic (exact) mass is 275 g/mol. The molecule has 0 radical (unpaired) electrons. The minimum Gasteiger partial charge on any atom is -0.493 e. The zero-order valence-corrected chi connectivity index (χ0v) is 13.7. The minimum absolute atomic E-state index is 0.193. The maximum atomic E-state index is 5.55. The van der Waals surface area contributed by atoms with Gasteiger partial charge in [-0.3, -0.25) is 0 Å². The van der Waals surface area contributed by atoms with Gasteiger partial charge in [-0.25, -0.2) is 0 Å². The lowest BCUT2D eigenvalue weighted by molar-refractivity contribution is 0.243. The average molecular weight is 275 g/mol. The molecule has 1 N–H and O–H groups in total. The largest absolute Gasteiger partial charge is 0.493 e. The van der Waals surface area contributed by atoms with Crippen LogP contribution in [0.5, 0.6) is 5.75 Å². The first kappa shape index (κ1) is 15.4. The molecule has 0 amide bonds. The Morgan fingerprint density at radius 1 is 1.15 bits per heavy atom. The third-order valence-corrected chi connectivity index (χ3v) is 3.74. The summed E-state index contributed by atoms with van der Waals surface area (Å²) in [6.45, 7) is 13.4. The van der Waals surface area contributed by atoms with Crippen LogP contribution in [0, 0.1) is 5.41 Å². The molecule has 1 aromatic rings. The second kappa shape index (κ2) is 5.77. The standard InChI is InChI=1S/C18H29NO/c1-17(2,3)13-18(4,5)19-10-8-14-6-7-16-15(12-14)9-11-20-16/h6-7,12,19H,8-11,13H2,1-5H3. The molecular formula is C18H29NO. The zero-order valence-electron chi connectivity index (χ0n) is 13.7. The van der Waals surface area contributed by atoms with Crippen LogP contribution in [0.2, 0.25) is 0 Å². The number of rotatable bonds is 5. The van der Waals surface area contributed by atoms with Crippen molar-refractivity contribution in [2.45, 2.75) is 59.4 Å². The van der Waals surface area contributed by atoms with Gasteiger partial charge in [0.05, 0.1) is 6.61 Å². The molecule has 1 aromatic carbocycles. The lowest BCUT2D eigenvalue weighted by Gasteiger charge is -2.33. The van der Waals surface area contributed by atoms with Crippen molar-refractivity contribution in [3.63, 3.8) is 0 Å². The highest BCUT2D eigenvalue weighted by Crippen LogP contribution is 2.27. The lowest BCUT2D eigenvalue weighted by Crippen LogP contribution is -2.43. The van der Waals surface area contributed by atoms with E-state index in [1.165, 1.54) is 17.5 Å². The first-order valence-corrected chi connectivity index (χ1v) is 7.75. The van der Waals surface area contributed by atoms with E-state index in [0.717, 1.165) is 31.7 Å². The predicted molar refractivity (Wildman–Crippen MR) is 85.5 cm³/mol. The number of fused-ring (bicyclic) bond motifs is 1. The molecule has 0 spiro atoms. The Morgan fingerprint density at radius 2 is 1.90 bits per heavy atom. The average Bonchev–Trinajstić information content (AvgIpc) is 2.72. The molecule has 20 heavy (non-hydrogen) atoms. The van der Waals surface area contributed by atoms with Crippen molar-refractivity contribution in [3.05, 3.63) is 29.3 Å². The second-order valence-electron chi connectivity index (χ2n) is 7.84. The van der Waals surface area contributed by atoms with Gasteiger partial charge in [0.25, 0.3) is 0 Å². The quantitative estimate of drug-likeness (QED) is 0.878. The van der Waals surface area contributed by atoms with Crippen LogP contribution in [0.25, 0.3) is 0 Å². The van der Waals surface area contributed by atoms with Crippen LogP contribution in [-0.2, 0) is 12.8 Å². The van der Waals surface area contributed by atoms with E-state index >= 15 is 0 Å². The maximum Gasteiger partial charge on any atom is 0.122 e. The molecule has 0 bridgehead atoms. The summed E-state index contributed by atoms with van der Waals surface area (Å²) < 4.78 is 5.55. The fraction of sp³-hybridized carbons (Fsp3) is 0.667. The number of hydrogen-bond acceptors (Lipinski definition) is 2. The number of nitrogens with one attached hydrogen (secondary N) is 1. The van der Waals surface area contributed by atoms with Crippen molar-refractivity contribution in [1.82, 2.24) is 5.32 Å². The normalized spacial score (nSPS) is 15.1. The van der Waals surface area contributed by atoms with Gasteiger partial charge in [-0.1, -0.05) is 32.9 Å². The van der Waals surface area contributed by atoms with Crippen molar-refractivity contribution in [2.75, 3.05) is 13.2 Å². The molecule has 2 heteroatoms. The van der Waals surface area contributed by atoms with Gasteiger partial charge >= 0.3 is 0 Å². The summed E-state index contributed by atoms with van der Waals surface area (Å²) in [7, 11) is 0. The summed E-state index contributed by atoms with van der Waals surface area (Å²) in [5.74, 6) is 1.08. The van der Waals surface area contributed by atoms with E-state index in [2.05, 4.69) is 58.1 Å². The second-order valence-corrected chi connectivity index (χ2v) is 7.84. The number of benzene rings is 1. The van der Waals surface area contributed by atoms with Gasteiger partial charge < -0.3 is 10.1 Å². The Balaban J connectivity index is 1.84. The Hall–Kier alpha value is -1.02. The molecule has 2 rings (SSSR count). The van der Waals surface area contributed by atoms with Crippen molar-refractivity contribution >= 4 is 0 Å². The van der Waals surface area contributed by atoms with Crippen molar-refractivity contribution < 1.29 is 4.74 Å². The highest BCUT2D eigenvalue weighted by atomic mass is 16.5. The van der Waals surface area contributed by atoms with Crippen molar-refractivity contribution in [3.8, 4) is 5.75 Å². The number of hydrogen-bond donors (Lipinski definition) is 1. The molecule has 0 saturated carbocycles. The van der Waals surface area contributed by atoms with E-state index in [1.54, 1.807) is 0 Å². The Morgan fingerprint density at radius 3 is 2.60 bits per heavy atom. The summed E-state index contributed by atoms with van der Waals surface area (Å²) >= 11 is 0. The lowest BCUT2D eigenvalue weighted by atomic mass is 9.82. The minimum atomic E-state index is 0.193. The molecule has 2 nitrogen and oxygen atoms in total. The summed E-state index contributed by atoms with van der Waals surface area (Å²) in [5, 5.41) is 3.70. The molecule has 0 aromatic heterocycles. The number of ether oxygens (including phenoxy) is 1. The molecule has 0 saturated heterocycles. The summed E-state index contributed by atoms with van der Waals surface area (Å²) in [5.41, 5.74) is 3.34. The van der Waals surface area contributed by atoms with E-state index in [1.807, 2.05) is 0 Å². The molecular weight excluding hydrogens is 246 g/mol. The van der Waals surface area contributed by atoms with Crippen LogP contribution < -0.4 is 10.1 Å². The van der Waals surface area contributed by atoms with Crippen LogP contribution in [-0.4, -0.2) is 18.7 Å². The molecule has 0 aliphatic carbocycles. The summed E-state index contributed by atoms with van der Waals surface area (Å²) in [4.78, 5) is 0. The maximum absolute atomic E-state index is 5.55. The smallest absolute Gasteiger partial charge is 0.122 e. The van der Waals surface area contributed by atoms with E-state index in [9.17, 15) is 0 Å². The first-order chi connectivity index (χ1) is 9.25. The van der Waals surface area contributed by atoms with Gasteiger partial charge in [0.15, 0.2) is 0 Å². The van der Waals surface area contributed by atoms with Crippen LogP contribution in [0.3, 0.4) is 0 Å². The molecule has 0 atom stereocenters. The van der Waals surface area contributed by atoms with Crippen LogP contribution >= 0.6 is 0 Å². The van der Waals surface area contributed by atoms with Crippen molar-refractivity contribution in [1.29, 1.82) is 0 Å². The van der Waals surface area contributed by atoms with Gasteiger partial charge in [0.1, 0.15) is 5.75 Å². The topological polar surface area (TPSA) is 21.3 Å². The van der Waals surface area contributed by atoms with Crippen LogP contribution in [0.15, 0.2) is 18.2 Å². The molecule has 0 unspecified atom stereocenters. The van der Waals surface area contributed by atoms with Crippen LogP contribution in [0.1, 0.15) is 52.2 Å². The Bertz CT molecular complexity index is 457. The summed E-state index contributed by atoms with van der Waals surface area (Å²) in [6, 6.07) is 6.63. The van der Waals surface area contributed by atoms with Crippen LogP contribution in [0.4, 0.5) is 0 Å². The molecule has 1 heterocycles. The SMILES string of the molecule is CC(C)(C)CC(C)(C)NCCc1ccc2c(c1)CCO2. The highest BCUT2D eigenvalue weighted by molar-refractivity contribution is 5.39. The molecule has 1 aliphatic heterocycles.